The molecule has 0 aliphatic carbocycles. The van der Waals surface area contributed by atoms with Crippen LogP contribution in [0.15, 0.2) is 46.9 Å². The highest BCUT2D eigenvalue weighted by Crippen LogP contribution is 2.21. The maximum atomic E-state index is 13.3. The highest BCUT2D eigenvalue weighted by atomic mass is 79.9. The molecule has 0 heterocycles. The van der Waals surface area contributed by atoms with E-state index in [2.05, 4.69) is 21.2 Å². The molecular weight excluding hydrogens is 387 g/mol. The van der Waals surface area contributed by atoms with Crippen LogP contribution in [-0.2, 0) is 4.79 Å². The molecule has 2 amide bonds. The van der Waals surface area contributed by atoms with Gasteiger partial charge in [-0.3, -0.25) is 9.59 Å². The molecule has 120 valence electrons. The second-order valence-electron chi connectivity index (χ2n) is 4.81. The molecule has 0 aromatic heterocycles. The van der Waals surface area contributed by atoms with Gasteiger partial charge in [0.15, 0.2) is 0 Å². The van der Waals surface area contributed by atoms with Gasteiger partial charge in [0.05, 0.1) is 22.8 Å². The second kappa shape index (κ2) is 7.57. The quantitative estimate of drug-likeness (QED) is 0.846. The summed E-state index contributed by atoms with van der Waals surface area (Å²) < 4.78 is 13.7. The number of hydrogen-bond donors (Lipinski definition) is 1. The molecule has 0 spiro atoms. The minimum absolute atomic E-state index is 0.151. The van der Waals surface area contributed by atoms with Gasteiger partial charge in [0.1, 0.15) is 5.82 Å². The van der Waals surface area contributed by atoms with Gasteiger partial charge in [0, 0.05) is 11.5 Å². The molecule has 0 unspecified atom stereocenters. The van der Waals surface area contributed by atoms with Crippen molar-refractivity contribution in [3.05, 3.63) is 63.3 Å². The molecule has 0 saturated carbocycles. The van der Waals surface area contributed by atoms with Crippen molar-refractivity contribution in [1.82, 2.24) is 4.90 Å². The predicted octanol–water partition coefficient (Wildman–Crippen LogP) is 3.95. The van der Waals surface area contributed by atoms with Crippen molar-refractivity contribution in [1.29, 1.82) is 0 Å². The monoisotopic (exact) mass is 398 g/mol. The van der Waals surface area contributed by atoms with Crippen LogP contribution >= 0.6 is 27.5 Å². The van der Waals surface area contributed by atoms with Crippen molar-refractivity contribution in [3.8, 4) is 0 Å². The molecule has 0 radical (unpaired) electrons. The highest BCUT2D eigenvalue weighted by molar-refractivity contribution is 9.10. The third kappa shape index (κ3) is 4.53. The first-order chi connectivity index (χ1) is 10.9. The zero-order valence-corrected chi connectivity index (χ0v) is 14.5. The number of anilines is 1. The Bertz CT molecular complexity index is 755. The molecule has 0 aliphatic rings. The minimum atomic E-state index is -0.523. The first kappa shape index (κ1) is 17.4. The van der Waals surface area contributed by atoms with Crippen molar-refractivity contribution >= 4 is 45.0 Å². The summed E-state index contributed by atoms with van der Waals surface area (Å²) in [4.78, 5) is 25.5. The van der Waals surface area contributed by atoms with Gasteiger partial charge in [-0.05, 0) is 46.3 Å². The van der Waals surface area contributed by atoms with Crippen molar-refractivity contribution < 1.29 is 14.0 Å². The van der Waals surface area contributed by atoms with E-state index in [0.29, 0.717) is 15.2 Å². The summed E-state index contributed by atoms with van der Waals surface area (Å²) in [6.07, 6.45) is 0. The van der Waals surface area contributed by atoms with Crippen LogP contribution in [0.2, 0.25) is 5.02 Å². The van der Waals surface area contributed by atoms with Crippen molar-refractivity contribution in [2.75, 3.05) is 18.9 Å². The average Bonchev–Trinajstić information content (AvgIpc) is 2.51. The summed E-state index contributed by atoms with van der Waals surface area (Å²) >= 11 is 9.16. The Morgan fingerprint density at radius 3 is 2.65 bits per heavy atom. The summed E-state index contributed by atoms with van der Waals surface area (Å²) in [5.41, 5.74) is 0.616. The standard InChI is InChI=1S/C16H13BrClFN2O2/c1-21(16(23)11-8-10(19)6-7-12(11)17)9-15(22)20-14-5-3-2-4-13(14)18/h2-8H,9H2,1H3,(H,20,22). The van der Waals surface area contributed by atoms with Crippen LogP contribution in [0.4, 0.5) is 10.1 Å². The smallest absolute Gasteiger partial charge is 0.255 e. The van der Waals surface area contributed by atoms with E-state index in [4.69, 9.17) is 11.6 Å². The van der Waals surface area contributed by atoms with Crippen LogP contribution in [0.25, 0.3) is 0 Å². The number of carbonyl (C=O) groups excluding carboxylic acids is 2. The Kier molecular flexibility index (Phi) is 5.74. The molecule has 0 bridgehead atoms. The van der Waals surface area contributed by atoms with Gasteiger partial charge >= 0.3 is 0 Å². The molecule has 0 aliphatic heterocycles. The fourth-order valence-electron chi connectivity index (χ4n) is 1.91. The van der Waals surface area contributed by atoms with Crippen LogP contribution in [-0.4, -0.2) is 30.3 Å². The zero-order valence-electron chi connectivity index (χ0n) is 12.1. The fourth-order valence-corrected chi connectivity index (χ4v) is 2.51. The zero-order chi connectivity index (χ0) is 17.0. The van der Waals surface area contributed by atoms with Gasteiger partial charge in [-0.2, -0.15) is 0 Å². The van der Waals surface area contributed by atoms with Crippen molar-refractivity contribution in [2.45, 2.75) is 0 Å². The summed E-state index contributed by atoms with van der Waals surface area (Å²) in [7, 11) is 1.46. The van der Waals surface area contributed by atoms with E-state index in [1.165, 1.54) is 24.1 Å². The van der Waals surface area contributed by atoms with Gasteiger partial charge in [0.2, 0.25) is 5.91 Å². The lowest BCUT2D eigenvalue weighted by Gasteiger charge is -2.18. The van der Waals surface area contributed by atoms with Crippen LogP contribution in [0.3, 0.4) is 0 Å². The number of benzene rings is 2. The van der Waals surface area contributed by atoms with Crippen molar-refractivity contribution in [3.63, 3.8) is 0 Å². The maximum absolute atomic E-state index is 13.3. The Balaban J connectivity index is 2.05. The van der Waals surface area contributed by atoms with Crippen LogP contribution < -0.4 is 5.32 Å². The van der Waals surface area contributed by atoms with Gasteiger partial charge in [0.25, 0.3) is 5.91 Å². The van der Waals surface area contributed by atoms with Gasteiger partial charge in [-0.15, -0.1) is 0 Å². The molecule has 0 atom stereocenters. The lowest BCUT2D eigenvalue weighted by atomic mass is 10.2. The Morgan fingerprint density at radius 2 is 1.96 bits per heavy atom. The minimum Gasteiger partial charge on any atom is -0.332 e. The summed E-state index contributed by atoms with van der Waals surface area (Å²) in [5.74, 6) is -1.39. The summed E-state index contributed by atoms with van der Waals surface area (Å²) in [6, 6.07) is 10.6. The van der Waals surface area contributed by atoms with E-state index < -0.39 is 17.6 Å². The van der Waals surface area contributed by atoms with E-state index in [9.17, 15) is 14.0 Å². The number of likely N-dealkylation sites (N-methyl/N-ethyl adjacent to an activating group) is 1. The van der Waals surface area contributed by atoms with Gasteiger partial charge in [-0.1, -0.05) is 23.7 Å². The van der Waals surface area contributed by atoms with Crippen LogP contribution in [0, 0.1) is 5.82 Å². The Labute approximate surface area is 146 Å². The summed E-state index contributed by atoms with van der Waals surface area (Å²) in [6.45, 7) is -0.187. The first-order valence-corrected chi connectivity index (χ1v) is 7.80. The lowest BCUT2D eigenvalue weighted by Crippen LogP contribution is -2.35. The number of carbonyl (C=O) groups is 2. The molecule has 23 heavy (non-hydrogen) atoms. The maximum Gasteiger partial charge on any atom is 0.255 e. The van der Waals surface area contributed by atoms with Crippen molar-refractivity contribution in [2.24, 2.45) is 0 Å². The number of nitrogens with one attached hydrogen (secondary N) is 1. The molecular formula is C16H13BrClFN2O2. The normalized spacial score (nSPS) is 10.3. The van der Waals surface area contributed by atoms with Crippen LogP contribution in [0.5, 0.6) is 0 Å². The molecule has 2 rings (SSSR count). The third-order valence-electron chi connectivity index (χ3n) is 3.03. The molecule has 1 N–H and O–H groups in total. The SMILES string of the molecule is CN(CC(=O)Nc1ccccc1Cl)C(=O)c1cc(F)ccc1Br. The number of hydrogen-bond acceptors (Lipinski definition) is 2. The van der Waals surface area contributed by atoms with Gasteiger partial charge in [-0.25, -0.2) is 4.39 Å². The molecule has 7 heteroatoms. The topological polar surface area (TPSA) is 49.4 Å². The Hall–Kier alpha value is -1.92. The average molecular weight is 400 g/mol. The van der Waals surface area contributed by atoms with E-state index in [1.807, 2.05) is 0 Å². The number of para-hydroxylation sites is 1. The molecule has 2 aromatic rings. The predicted molar refractivity (Wildman–Crippen MR) is 91.1 cm³/mol. The molecule has 0 fully saturated rings. The second-order valence-corrected chi connectivity index (χ2v) is 6.07. The fraction of sp³-hybridized carbons (Fsp3) is 0.125. The van der Waals surface area contributed by atoms with E-state index in [0.717, 1.165) is 6.07 Å². The number of halogens is 3. The largest absolute Gasteiger partial charge is 0.332 e. The van der Waals surface area contributed by atoms with E-state index in [-0.39, 0.29) is 12.1 Å². The van der Waals surface area contributed by atoms with Crippen LogP contribution in [0.1, 0.15) is 10.4 Å². The number of rotatable bonds is 4. The third-order valence-corrected chi connectivity index (χ3v) is 4.06. The first-order valence-electron chi connectivity index (χ1n) is 6.63. The van der Waals surface area contributed by atoms with E-state index in [1.54, 1.807) is 24.3 Å². The number of nitrogens with zero attached hydrogens (tertiary/aromatic N) is 1. The van der Waals surface area contributed by atoms with E-state index >= 15 is 0 Å². The summed E-state index contributed by atoms with van der Waals surface area (Å²) in [5, 5.41) is 3.03. The van der Waals surface area contributed by atoms with Gasteiger partial charge < -0.3 is 10.2 Å². The number of amides is 2. The molecule has 4 nitrogen and oxygen atoms in total. The Morgan fingerprint density at radius 1 is 1.26 bits per heavy atom. The molecule has 2 aromatic carbocycles. The molecule has 0 saturated heterocycles. The lowest BCUT2D eigenvalue weighted by molar-refractivity contribution is -0.116. The highest BCUT2D eigenvalue weighted by Gasteiger charge is 2.18.